The topological polar surface area (TPSA) is 62.6 Å². The number of hydrogen-bond donors (Lipinski definition) is 0. The lowest BCUT2D eigenvalue weighted by atomic mass is 10.1. The average Bonchev–Trinajstić information content (AvgIpc) is 2.97. The van der Waals surface area contributed by atoms with Crippen LogP contribution in [0.15, 0.2) is 35.2 Å². The summed E-state index contributed by atoms with van der Waals surface area (Å²) in [7, 11) is -2.01. The standard InChI is InChI=1S/C22H31N3O3S/c1-5-25(16-19-12-8-6-9-13-19)29(27,28)21-18(3)23(4)17(2)20(21)22(26)24-14-10-7-11-15-24/h6,8-9,12-13H,5,7,10-11,14-16H2,1-4H3. The van der Waals surface area contributed by atoms with Crippen LogP contribution in [0.2, 0.25) is 0 Å². The molecule has 0 spiro atoms. The Balaban J connectivity index is 2.06. The normalized spacial score (nSPS) is 15.1. The van der Waals surface area contributed by atoms with Crippen LogP contribution in [0.5, 0.6) is 0 Å². The first-order valence-corrected chi connectivity index (χ1v) is 11.7. The molecule has 2 heterocycles. The molecule has 1 aromatic carbocycles. The second-order valence-corrected chi connectivity index (χ2v) is 9.58. The minimum atomic E-state index is -3.83. The van der Waals surface area contributed by atoms with Crippen LogP contribution in [0.1, 0.15) is 53.5 Å². The zero-order valence-corrected chi connectivity index (χ0v) is 18.6. The fourth-order valence-electron chi connectivity index (χ4n) is 4.02. The number of benzene rings is 1. The lowest BCUT2D eigenvalue weighted by molar-refractivity contribution is 0.0719. The average molecular weight is 418 g/mol. The highest BCUT2D eigenvalue weighted by Crippen LogP contribution is 2.31. The summed E-state index contributed by atoms with van der Waals surface area (Å²) >= 11 is 0. The van der Waals surface area contributed by atoms with E-state index in [1.165, 1.54) is 4.31 Å². The summed E-state index contributed by atoms with van der Waals surface area (Å²) in [5.41, 5.74) is 2.56. The smallest absolute Gasteiger partial charge is 0.257 e. The molecule has 29 heavy (non-hydrogen) atoms. The number of carbonyl (C=O) groups excluding carboxylic acids is 1. The molecule has 1 amide bonds. The van der Waals surface area contributed by atoms with Gasteiger partial charge in [0, 0.05) is 44.6 Å². The fourth-order valence-corrected chi connectivity index (χ4v) is 5.94. The molecule has 1 fully saturated rings. The van der Waals surface area contributed by atoms with Crippen molar-refractivity contribution in [3.05, 3.63) is 52.8 Å². The number of sulfonamides is 1. The molecule has 2 aromatic rings. The number of likely N-dealkylation sites (tertiary alicyclic amines) is 1. The van der Waals surface area contributed by atoms with Gasteiger partial charge >= 0.3 is 0 Å². The minimum absolute atomic E-state index is 0.158. The number of hydrogen-bond acceptors (Lipinski definition) is 3. The molecule has 3 rings (SSSR count). The molecule has 0 unspecified atom stereocenters. The van der Waals surface area contributed by atoms with Gasteiger partial charge in [-0.15, -0.1) is 0 Å². The maximum absolute atomic E-state index is 13.7. The zero-order valence-electron chi connectivity index (χ0n) is 17.8. The number of amides is 1. The van der Waals surface area contributed by atoms with Crippen LogP contribution in [0.4, 0.5) is 0 Å². The SMILES string of the molecule is CCN(Cc1ccccc1)S(=O)(=O)c1c(C(=O)N2CCCCC2)c(C)n(C)c1C. The summed E-state index contributed by atoms with van der Waals surface area (Å²) in [6.45, 7) is 7.43. The van der Waals surface area contributed by atoms with Gasteiger partial charge in [0.1, 0.15) is 4.90 Å². The summed E-state index contributed by atoms with van der Waals surface area (Å²) in [5, 5.41) is 0. The second kappa shape index (κ2) is 8.71. The fraction of sp³-hybridized carbons (Fsp3) is 0.500. The Morgan fingerprint density at radius 3 is 2.24 bits per heavy atom. The molecule has 0 aliphatic carbocycles. The van der Waals surface area contributed by atoms with Gasteiger partial charge in [0.2, 0.25) is 10.0 Å². The van der Waals surface area contributed by atoms with Crippen LogP contribution < -0.4 is 0 Å². The first-order chi connectivity index (χ1) is 13.8. The van der Waals surface area contributed by atoms with Crippen LogP contribution in [0.3, 0.4) is 0 Å². The van der Waals surface area contributed by atoms with Gasteiger partial charge in [-0.3, -0.25) is 4.79 Å². The molecule has 1 aromatic heterocycles. The van der Waals surface area contributed by atoms with Gasteiger partial charge in [0.25, 0.3) is 5.91 Å². The molecule has 0 N–H and O–H groups in total. The van der Waals surface area contributed by atoms with E-state index in [1.807, 2.05) is 55.8 Å². The van der Waals surface area contributed by atoms with E-state index in [2.05, 4.69) is 0 Å². The molecule has 1 aliphatic rings. The summed E-state index contributed by atoms with van der Waals surface area (Å²) in [6, 6.07) is 9.55. The summed E-state index contributed by atoms with van der Waals surface area (Å²) in [4.78, 5) is 15.3. The number of piperidine rings is 1. The van der Waals surface area contributed by atoms with E-state index in [4.69, 9.17) is 0 Å². The van der Waals surface area contributed by atoms with Crippen molar-refractivity contribution in [2.75, 3.05) is 19.6 Å². The zero-order chi connectivity index (χ0) is 21.2. The van der Waals surface area contributed by atoms with Gasteiger partial charge in [-0.25, -0.2) is 8.42 Å². The van der Waals surface area contributed by atoms with Crippen LogP contribution >= 0.6 is 0 Å². The second-order valence-electron chi connectivity index (χ2n) is 7.70. The number of nitrogens with zero attached hydrogens (tertiary/aromatic N) is 3. The molecule has 0 bridgehead atoms. The first kappa shape index (κ1) is 21.6. The van der Waals surface area contributed by atoms with Gasteiger partial charge in [-0.2, -0.15) is 4.31 Å². The van der Waals surface area contributed by atoms with Crippen molar-refractivity contribution in [2.45, 2.75) is 51.5 Å². The highest BCUT2D eigenvalue weighted by molar-refractivity contribution is 7.89. The van der Waals surface area contributed by atoms with Crippen molar-refractivity contribution >= 4 is 15.9 Å². The molecule has 1 saturated heterocycles. The Bertz CT molecular complexity index is 974. The lowest BCUT2D eigenvalue weighted by Crippen LogP contribution is -2.37. The van der Waals surface area contributed by atoms with E-state index < -0.39 is 10.0 Å². The maximum atomic E-state index is 13.7. The van der Waals surface area contributed by atoms with Crippen LogP contribution in [0.25, 0.3) is 0 Å². The minimum Gasteiger partial charge on any atom is -0.350 e. The Hall–Kier alpha value is -2.12. The Morgan fingerprint density at radius 1 is 1.03 bits per heavy atom. The first-order valence-electron chi connectivity index (χ1n) is 10.3. The Morgan fingerprint density at radius 2 is 1.66 bits per heavy atom. The van der Waals surface area contributed by atoms with Crippen LogP contribution in [-0.2, 0) is 23.6 Å². The summed E-state index contributed by atoms with van der Waals surface area (Å²) in [5.74, 6) is -0.166. The van der Waals surface area contributed by atoms with Crippen molar-refractivity contribution in [1.29, 1.82) is 0 Å². The monoisotopic (exact) mass is 417 g/mol. The molecule has 6 nitrogen and oxygen atoms in total. The predicted octanol–water partition coefficient (Wildman–Crippen LogP) is 3.48. The van der Waals surface area contributed by atoms with Crippen molar-refractivity contribution in [3.63, 3.8) is 0 Å². The van der Waals surface area contributed by atoms with Gasteiger partial charge in [-0.05, 0) is 38.7 Å². The number of rotatable bonds is 6. The van der Waals surface area contributed by atoms with E-state index in [9.17, 15) is 13.2 Å². The summed E-state index contributed by atoms with van der Waals surface area (Å²) < 4.78 is 30.7. The van der Waals surface area contributed by atoms with Crippen molar-refractivity contribution in [3.8, 4) is 0 Å². The third-order valence-corrected chi connectivity index (χ3v) is 8.02. The van der Waals surface area contributed by atoms with Crippen molar-refractivity contribution < 1.29 is 13.2 Å². The number of aromatic nitrogens is 1. The van der Waals surface area contributed by atoms with Gasteiger partial charge in [0.05, 0.1) is 5.56 Å². The molecule has 1 aliphatic heterocycles. The third-order valence-electron chi connectivity index (χ3n) is 5.93. The molecule has 0 saturated carbocycles. The molecule has 0 atom stereocenters. The van der Waals surface area contributed by atoms with Crippen molar-refractivity contribution in [1.82, 2.24) is 13.8 Å². The largest absolute Gasteiger partial charge is 0.350 e. The van der Waals surface area contributed by atoms with E-state index in [1.54, 1.807) is 11.8 Å². The molecule has 0 radical (unpaired) electrons. The van der Waals surface area contributed by atoms with Gasteiger partial charge < -0.3 is 9.47 Å². The van der Waals surface area contributed by atoms with Gasteiger partial charge in [0.15, 0.2) is 0 Å². The maximum Gasteiger partial charge on any atom is 0.257 e. The highest BCUT2D eigenvalue weighted by atomic mass is 32.2. The Kier molecular flexibility index (Phi) is 6.49. The van der Waals surface area contributed by atoms with Crippen LogP contribution in [-0.4, -0.2) is 47.7 Å². The molecule has 7 heteroatoms. The van der Waals surface area contributed by atoms with Gasteiger partial charge in [-0.1, -0.05) is 37.3 Å². The Labute approximate surface area is 174 Å². The quantitative estimate of drug-likeness (QED) is 0.723. The molecular formula is C22H31N3O3S. The molecule has 158 valence electrons. The third kappa shape index (κ3) is 4.12. The van der Waals surface area contributed by atoms with Crippen LogP contribution in [0, 0.1) is 13.8 Å². The van der Waals surface area contributed by atoms with E-state index in [0.29, 0.717) is 36.6 Å². The highest BCUT2D eigenvalue weighted by Gasteiger charge is 2.36. The predicted molar refractivity (Wildman–Crippen MR) is 114 cm³/mol. The molecular weight excluding hydrogens is 386 g/mol. The van der Waals surface area contributed by atoms with E-state index >= 15 is 0 Å². The summed E-state index contributed by atoms with van der Waals surface area (Å²) in [6.07, 6.45) is 3.05. The van der Waals surface area contributed by atoms with E-state index in [0.717, 1.165) is 24.8 Å². The lowest BCUT2D eigenvalue weighted by Gasteiger charge is -2.28. The van der Waals surface area contributed by atoms with E-state index in [-0.39, 0.29) is 17.3 Å². The number of carbonyl (C=O) groups is 1. The van der Waals surface area contributed by atoms with Crippen molar-refractivity contribution in [2.24, 2.45) is 7.05 Å².